The van der Waals surface area contributed by atoms with Crippen LogP contribution in [-0.2, 0) is 5.54 Å². The standard InChI is InChI=1S/C16H24N6OS.2ClH/c1-10-9-18-15(24-10)16(3,4)19-14(23)13-11(2)22(21-20-13)12-5-7-17-8-6-12;;/h9,12,17H,5-8H2,1-4H3,(H,19,23);2*1H. The third-order valence-electron chi connectivity index (χ3n) is 4.38. The van der Waals surface area contributed by atoms with E-state index in [9.17, 15) is 4.79 Å². The molecular formula is C16H26Cl2N6OS. The minimum atomic E-state index is -0.541. The summed E-state index contributed by atoms with van der Waals surface area (Å²) in [4.78, 5) is 18.2. The van der Waals surface area contributed by atoms with Crippen molar-refractivity contribution in [1.29, 1.82) is 0 Å². The van der Waals surface area contributed by atoms with Crippen LogP contribution < -0.4 is 10.6 Å². The van der Waals surface area contributed by atoms with E-state index in [1.807, 2.05) is 38.6 Å². The molecule has 1 aliphatic heterocycles. The summed E-state index contributed by atoms with van der Waals surface area (Å²) >= 11 is 1.59. The lowest BCUT2D eigenvalue weighted by molar-refractivity contribution is 0.0906. The molecule has 0 radical (unpaired) electrons. The first-order valence-electron chi connectivity index (χ1n) is 8.26. The van der Waals surface area contributed by atoms with Crippen LogP contribution in [0.4, 0.5) is 0 Å². The fourth-order valence-electron chi connectivity index (χ4n) is 2.99. The average Bonchev–Trinajstić information content (AvgIpc) is 3.14. The Labute approximate surface area is 170 Å². The van der Waals surface area contributed by atoms with Crippen LogP contribution in [0.2, 0.25) is 0 Å². The number of aromatic nitrogens is 4. The van der Waals surface area contributed by atoms with Crippen LogP contribution in [0, 0.1) is 13.8 Å². The Kier molecular flexibility index (Phi) is 8.01. The molecule has 1 saturated heterocycles. The van der Waals surface area contributed by atoms with Gasteiger partial charge in [-0.1, -0.05) is 5.21 Å². The maximum absolute atomic E-state index is 12.7. The zero-order valence-electron chi connectivity index (χ0n) is 15.4. The summed E-state index contributed by atoms with van der Waals surface area (Å²) in [5.74, 6) is -0.203. The molecule has 0 saturated carbocycles. The predicted molar refractivity (Wildman–Crippen MR) is 108 cm³/mol. The smallest absolute Gasteiger partial charge is 0.274 e. The van der Waals surface area contributed by atoms with Crippen molar-refractivity contribution in [3.63, 3.8) is 0 Å². The molecule has 1 fully saturated rings. The molecule has 2 aromatic heterocycles. The van der Waals surface area contributed by atoms with Gasteiger partial charge in [-0.25, -0.2) is 9.67 Å². The van der Waals surface area contributed by atoms with E-state index in [1.165, 1.54) is 0 Å². The average molecular weight is 421 g/mol. The van der Waals surface area contributed by atoms with E-state index in [2.05, 4.69) is 25.9 Å². The van der Waals surface area contributed by atoms with Crippen LogP contribution in [0.25, 0.3) is 0 Å². The molecule has 3 heterocycles. The van der Waals surface area contributed by atoms with Gasteiger partial charge >= 0.3 is 0 Å². The fourth-order valence-corrected chi connectivity index (χ4v) is 3.81. The minimum Gasteiger partial charge on any atom is -0.339 e. The predicted octanol–water partition coefficient (Wildman–Crippen LogP) is 2.78. The van der Waals surface area contributed by atoms with Crippen molar-refractivity contribution >= 4 is 42.1 Å². The van der Waals surface area contributed by atoms with E-state index in [0.29, 0.717) is 11.7 Å². The highest BCUT2D eigenvalue weighted by atomic mass is 35.5. The van der Waals surface area contributed by atoms with Gasteiger partial charge in [-0.15, -0.1) is 41.2 Å². The van der Waals surface area contributed by atoms with Crippen LogP contribution in [0.1, 0.15) is 58.8 Å². The third-order valence-corrected chi connectivity index (χ3v) is 5.62. The molecule has 0 unspecified atom stereocenters. The number of nitrogens with zero attached hydrogens (tertiary/aromatic N) is 4. The Morgan fingerprint density at radius 2 is 1.96 bits per heavy atom. The molecule has 146 valence electrons. The quantitative estimate of drug-likeness (QED) is 0.793. The van der Waals surface area contributed by atoms with Crippen LogP contribution in [0.5, 0.6) is 0 Å². The van der Waals surface area contributed by atoms with Gasteiger partial charge in [0.15, 0.2) is 5.69 Å². The number of piperidine rings is 1. The largest absolute Gasteiger partial charge is 0.339 e. The number of rotatable bonds is 4. The van der Waals surface area contributed by atoms with Crippen LogP contribution >= 0.6 is 36.2 Å². The van der Waals surface area contributed by atoms with Gasteiger partial charge in [0.05, 0.1) is 17.3 Å². The van der Waals surface area contributed by atoms with Gasteiger partial charge < -0.3 is 10.6 Å². The fraction of sp³-hybridized carbons (Fsp3) is 0.625. The number of amides is 1. The molecule has 2 aromatic rings. The molecular weight excluding hydrogens is 395 g/mol. The van der Waals surface area contributed by atoms with Crippen molar-refractivity contribution in [2.45, 2.75) is 52.1 Å². The number of carbonyl (C=O) groups is 1. The zero-order valence-corrected chi connectivity index (χ0v) is 17.9. The van der Waals surface area contributed by atoms with Crippen molar-refractivity contribution in [3.8, 4) is 0 Å². The van der Waals surface area contributed by atoms with Gasteiger partial charge in [-0.3, -0.25) is 4.79 Å². The summed E-state index contributed by atoms with van der Waals surface area (Å²) in [6.45, 7) is 9.78. The summed E-state index contributed by atoms with van der Waals surface area (Å²) in [5, 5.41) is 15.6. The summed E-state index contributed by atoms with van der Waals surface area (Å²) < 4.78 is 1.90. The number of hydrogen-bond donors (Lipinski definition) is 2. The van der Waals surface area contributed by atoms with Gasteiger partial charge in [0.25, 0.3) is 5.91 Å². The summed E-state index contributed by atoms with van der Waals surface area (Å²) in [6, 6.07) is 0.315. The number of hydrogen-bond acceptors (Lipinski definition) is 6. The normalized spacial score (nSPS) is 15.1. The number of carbonyl (C=O) groups excluding carboxylic acids is 1. The highest BCUT2D eigenvalue weighted by Gasteiger charge is 2.29. The Hall–Kier alpha value is -1.22. The second-order valence-electron chi connectivity index (χ2n) is 6.80. The number of aryl methyl sites for hydroxylation is 1. The molecule has 2 N–H and O–H groups in total. The van der Waals surface area contributed by atoms with Gasteiger partial charge in [0.2, 0.25) is 0 Å². The van der Waals surface area contributed by atoms with E-state index in [1.54, 1.807) is 11.3 Å². The summed E-state index contributed by atoms with van der Waals surface area (Å²) in [6.07, 6.45) is 3.84. The van der Waals surface area contributed by atoms with Crippen LogP contribution in [0.15, 0.2) is 6.20 Å². The first-order chi connectivity index (χ1) is 11.4. The van der Waals surface area contributed by atoms with Gasteiger partial charge in [-0.2, -0.15) is 0 Å². The number of halogens is 2. The maximum Gasteiger partial charge on any atom is 0.274 e. The molecule has 0 atom stereocenters. The molecule has 0 bridgehead atoms. The number of thiazole rings is 1. The zero-order chi connectivity index (χ0) is 17.3. The molecule has 3 rings (SSSR count). The van der Waals surface area contributed by atoms with E-state index < -0.39 is 5.54 Å². The maximum atomic E-state index is 12.7. The molecule has 1 aliphatic rings. The van der Waals surface area contributed by atoms with E-state index >= 15 is 0 Å². The second-order valence-corrected chi connectivity index (χ2v) is 8.04. The minimum absolute atomic E-state index is 0. The molecule has 1 amide bonds. The molecule has 26 heavy (non-hydrogen) atoms. The van der Waals surface area contributed by atoms with Crippen molar-refractivity contribution in [2.24, 2.45) is 0 Å². The molecule has 0 spiro atoms. The van der Waals surface area contributed by atoms with Crippen molar-refractivity contribution < 1.29 is 4.79 Å². The summed E-state index contributed by atoms with van der Waals surface area (Å²) in [7, 11) is 0. The van der Waals surface area contributed by atoms with Crippen LogP contribution in [-0.4, -0.2) is 39.0 Å². The molecule has 10 heteroatoms. The summed E-state index contributed by atoms with van der Waals surface area (Å²) in [5.41, 5.74) is 0.682. The van der Waals surface area contributed by atoms with Gasteiger partial charge in [0.1, 0.15) is 5.01 Å². The lowest BCUT2D eigenvalue weighted by Gasteiger charge is -2.24. The third kappa shape index (κ3) is 4.73. The topological polar surface area (TPSA) is 84.7 Å². The number of nitrogens with one attached hydrogen (secondary N) is 2. The molecule has 7 nitrogen and oxygen atoms in total. The highest BCUT2D eigenvalue weighted by Crippen LogP contribution is 2.26. The first kappa shape index (κ1) is 22.8. The lowest BCUT2D eigenvalue weighted by atomic mass is 10.1. The Morgan fingerprint density at radius 1 is 1.31 bits per heavy atom. The van der Waals surface area contributed by atoms with E-state index in [0.717, 1.165) is 41.5 Å². The van der Waals surface area contributed by atoms with Crippen molar-refractivity contribution in [1.82, 2.24) is 30.6 Å². The van der Waals surface area contributed by atoms with Crippen LogP contribution in [0.3, 0.4) is 0 Å². The Morgan fingerprint density at radius 3 is 2.54 bits per heavy atom. The monoisotopic (exact) mass is 420 g/mol. The lowest BCUT2D eigenvalue weighted by Crippen LogP contribution is -2.41. The van der Waals surface area contributed by atoms with Crippen molar-refractivity contribution in [2.75, 3.05) is 13.1 Å². The van der Waals surface area contributed by atoms with Crippen molar-refractivity contribution in [3.05, 3.63) is 27.5 Å². The SMILES string of the molecule is Cc1cnc(C(C)(C)NC(=O)c2nnn(C3CCNCC3)c2C)s1.Cl.Cl. The van der Waals surface area contributed by atoms with E-state index in [-0.39, 0.29) is 30.7 Å². The van der Waals surface area contributed by atoms with Gasteiger partial charge in [-0.05, 0) is 53.6 Å². The van der Waals surface area contributed by atoms with Gasteiger partial charge in [0, 0.05) is 11.1 Å². The first-order valence-corrected chi connectivity index (χ1v) is 9.08. The van der Waals surface area contributed by atoms with E-state index in [4.69, 9.17) is 0 Å². The second kappa shape index (κ2) is 9.12. The molecule has 0 aliphatic carbocycles. The Balaban J connectivity index is 0.00000169. The molecule has 0 aromatic carbocycles. The highest BCUT2D eigenvalue weighted by molar-refractivity contribution is 7.11. The Bertz CT molecular complexity index is 739.